The third-order valence-corrected chi connectivity index (χ3v) is 7.34. The fourth-order valence-corrected chi connectivity index (χ4v) is 5.80. The number of alkyl halides is 3. The van der Waals surface area contributed by atoms with Gasteiger partial charge < -0.3 is 4.90 Å². The number of hydrogen-bond acceptors (Lipinski definition) is 3. The van der Waals surface area contributed by atoms with E-state index < -0.39 is 12.6 Å². The minimum Gasteiger partial charge on any atom is -0.336 e. The van der Waals surface area contributed by atoms with Gasteiger partial charge in [-0.3, -0.25) is 14.5 Å². The number of carbonyl (C=O) groups is 1. The van der Waals surface area contributed by atoms with E-state index >= 15 is 0 Å². The van der Waals surface area contributed by atoms with Crippen LogP contribution in [0.15, 0.2) is 42.9 Å². The first-order chi connectivity index (χ1) is 16.2. The average molecular weight is 471 g/mol. The molecule has 2 fully saturated rings. The Balaban J connectivity index is 1.25. The molecule has 0 aliphatic carbocycles. The van der Waals surface area contributed by atoms with Crippen molar-refractivity contribution in [3.63, 3.8) is 0 Å². The highest BCUT2D eigenvalue weighted by Gasteiger charge is 2.43. The molecule has 2 aliphatic heterocycles. The van der Waals surface area contributed by atoms with Gasteiger partial charge in [-0.1, -0.05) is 12.1 Å². The predicted molar refractivity (Wildman–Crippen MR) is 124 cm³/mol. The molecule has 5 nitrogen and oxygen atoms in total. The Morgan fingerprint density at radius 1 is 1.06 bits per heavy atom. The van der Waals surface area contributed by atoms with Gasteiger partial charge in [-0.15, -0.1) is 0 Å². The molecule has 1 amide bonds. The third kappa shape index (κ3) is 4.95. The number of aromatic nitrogens is 3. The van der Waals surface area contributed by atoms with Gasteiger partial charge in [0.2, 0.25) is 5.91 Å². The molecule has 34 heavy (non-hydrogen) atoms. The Morgan fingerprint density at radius 2 is 1.82 bits per heavy atom. The smallest absolute Gasteiger partial charge is 0.336 e. The van der Waals surface area contributed by atoms with Crippen LogP contribution < -0.4 is 0 Å². The second kappa shape index (κ2) is 9.04. The maximum absolute atomic E-state index is 13.2. The Kier molecular flexibility index (Phi) is 6.08. The van der Waals surface area contributed by atoms with Gasteiger partial charge >= 0.3 is 6.18 Å². The zero-order chi connectivity index (χ0) is 23.9. The van der Waals surface area contributed by atoms with Gasteiger partial charge in [0.15, 0.2) is 0 Å². The maximum atomic E-state index is 13.2. The number of fused-ring (bicyclic) bond motifs is 3. The van der Waals surface area contributed by atoms with E-state index in [2.05, 4.69) is 16.1 Å². The van der Waals surface area contributed by atoms with Crippen molar-refractivity contribution in [2.75, 3.05) is 0 Å². The van der Waals surface area contributed by atoms with E-state index in [-0.39, 0.29) is 36.8 Å². The minimum atomic E-state index is -4.08. The van der Waals surface area contributed by atoms with Crippen molar-refractivity contribution in [3.05, 3.63) is 48.5 Å². The molecule has 0 saturated carbocycles. The molecule has 2 aliphatic rings. The lowest BCUT2D eigenvalue weighted by atomic mass is 9.86. The minimum absolute atomic E-state index is 0.0801. The molecule has 0 radical (unpaired) electrons. The van der Waals surface area contributed by atoms with Gasteiger partial charge in [0.25, 0.3) is 0 Å². The molecule has 4 heterocycles. The zero-order valence-electron chi connectivity index (χ0n) is 19.3. The summed E-state index contributed by atoms with van der Waals surface area (Å²) in [6, 6.07) is 8.46. The SMILES string of the molecule is Cn1cc(-c2ccc3cnc(CC(=O)N4[C@@H]5CC[C@H]4CC(CCCC(F)(F)F)C5)cc3c2)cn1. The Morgan fingerprint density at radius 3 is 2.50 bits per heavy atom. The van der Waals surface area contributed by atoms with Gasteiger partial charge in [-0.05, 0) is 67.5 Å². The van der Waals surface area contributed by atoms with E-state index in [0.29, 0.717) is 6.42 Å². The first-order valence-electron chi connectivity index (χ1n) is 12.0. The first-order valence-corrected chi connectivity index (χ1v) is 12.0. The molecule has 3 aromatic rings. The number of carbonyl (C=O) groups excluding carboxylic acids is 1. The Labute approximate surface area is 197 Å². The molecule has 5 rings (SSSR count). The number of hydrogen-bond donors (Lipinski definition) is 0. The van der Waals surface area contributed by atoms with Crippen LogP contribution in [0.1, 0.15) is 50.6 Å². The van der Waals surface area contributed by atoms with E-state index in [9.17, 15) is 18.0 Å². The molecule has 2 aromatic heterocycles. The normalized spacial score (nSPS) is 22.5. The van der Waals surface area contributed by atoms with Crippen molar-refractivity contribution in [2.45, 2.75) is 69.6 Å². The summed E-state index contributed by atoms with van der Waals surface area (Å²) in [5.74, 6) is 0.366. The summed E-state index contributed by atoms with van der Waals surface area (Å²) in [5.41, 5.74) is 2.84. The molecule has 1 aromatic carbocycles. The summed E-state index contributed by atoms with van der Waals surface area (Å²) in [7, 11) is 1.89. The van der Waals surface area contributed by atoms with Crippen LogP contribution in [0.3, 0.4) is 0 Å². The molecule has 1 unspecified atom stereocenters. The number of piperidine rings is 1. The standard InChI is InChI=1S/C26H29F3N4O/c1-32-16-21(15-31-32)18-4-5-19-14-30-22(12-20(19)11-18)13-25(34)33-23-6-7-24(33)10-17(9-23)3-2-8-26(27,28)29/h4-5,11-12,14-17,23-24H,2-3,6-10,13H2,1H3/t17?,23-,24+. The lowest BCUT2D eigenvalue weighted by molar-refractivity contribution is -0.137. The Hall–Kier alpha value is -2.90. The molecular weight excluding hydrogens is 441 g/mol. The quantitative estimate of drug-likeness (QED) is 0.466. The Bertz CT molecular complexity index is 1170. The second-order valence-corrected chi connectivity index (χ2v) is 9.85. The van der Waals surface area contributed by atoms with E-state index in [0.717, 1.165) is 53.3 Å². The molecular formula is C26H29F3N4O. The molecule has 0 N–H and O–H groups in total. The van der Waals surface area contributed by atoms with Crippen molar-refractivity contribution < 1.29 is 18.0 Å². The topological polar surface area (TPSA) is 51.0 Å². The van der Waals surface area contributed by atoms with Crippen LogP contribution in [-0.2, 0) is 18.3 Å². The van der Waals surface area contributed by atoms with Crippen LogP contribution in [0.25, 0.3) is 21.9 Å². The van der Waals surface area contributed by atoms with Crippen LogP contribution >= 0.6 is 0 Å². The van der Waals surface area contributed by atoms with Crippen LogP contribution in [0, 0.1) is 5.92 Å². The highest BCUT2D eigenvalue weighted by molar-refractivity contribution is 5.88. The molecule has 180 valence electrons. The first kappa shape index (κ1) is 22.9. The summed E-state index contributed by atoms with van der Waals surface area (Å²) in [6.45, 7) is 0. The van der Waals surface area contributed by atoms with Gasteiger partial charge in [-0.25, -0.2) is 0 Å². The van der Waals surface area contributed by atoms with Gasteiger partial charge in [0.05, 0.1) is 18.3 Å². The third-order valence-electron chi connectivity index (χ3n) is 7.34. The molecule has 0 spiro atoms. The number of pyridine rings is 1. The van der Waals surface area contributed by atoms with Crippen LogP contribution in [0.4, 0.5) is 13.2 Å². The maximum Gasteiger partial charge on any atom is 0.389 e. The number of rotatable bonds is 6. The molecule has 3 atom stereocenters. The van der Waals surface area contributed by atoms with E-state index in [4.69, 9.17) is 0 Å². The average Bonchev–Trinajstić information content (AvgIpc) is 3.33. The summed E-state index contributed by atoms with van der Waals surface area (Å²) in [6.07, 6.45) is 5.38. The highest BCUT2D eigenvalue weighted by atomic mass is 19.4. The second-order valence-electron chi connectivity index (χ2n) is 9.85. The van der Waals surface area contributed by atoms with Crippen molar-refractivity contribution in [1.29, 1.82) is 0 Å². The van der Waals surface area contributed by atoms with E-state index in [1.54, 1.807) is 4.68 Å². The lowest BCUT2D eigenvalue weighted by Gasteiger charge is -2.39. The lowest BCUT2D eigenvalue weighted by Crippen LogP contribution is -2.47. The number of aryl methyl sites for hydroxylation is 1. The summed E-state index contributed by atoms with van der Waals surface area (Å²) in [5, 5.41) is 6.29. The molecule has 2 bridgehead atoms. The summed E-state index contributed by atoms with van der Waals surface area (Å²) < 4.78 is 39.3. The van der Waals surface area contributed by atoms with E-state index in [1.807, 2.05) is 48.7 Å². The van der Waals surface area contributed by atoms with Crippen LogP contribution in [0.2, 0.25) is 0 Å². The summed E-state index contributed by atoms with van der Waals surface area (Å²) in [4.78, 5) is 19.8. The van der Waals surface area contributed by atoms with Crippen LogP contribution in [-0.4, -0.2) is 43.8 Å². The predicted octanol–water partition coefficient (Wildman–Crippen LogP) is 5.68. The number of nitrogens with zero attached hydrogens (tertiary/aromatic N) is 4. The van der Waals surface area contributed by atoms with Crippen molar-refractivity contribution >= 4 is 16.7 Å². The largest absolute Gasteiger partial charge is 0.389 e. The molecule has 2 saturated heterocycles. The van der Waals surface area contributed by atoms with Gasteiger partial charge in [0, 0.05) is 48.9 Å². The highest BCUT2D eigenvalue weighted by Crippen LogP contribution is 2.41. The van der Waals surface area contributed by atoms with Crippen molar-refractivity contribution in [1.82, 2.24) is 19.7 Å². The zero-order valence-corrected chi connectivity index (χ0v) is 19.3. The fourth-order valence-electron chi connectivity index (χ4n) is 5.80. The summed E-state index contributed by atoms with van der Waals surface area (Å²) >= 11 is 0. The number of benzene rings is 1. The van der Waals surface area contributed by atoms with E-state index in [1.165, 1.54) is 0 Å². The van der Waals surface area contributed by atoms with Crippen molar-refractivity contribution in [3.8, 4) is 11.1 Å². The number of halogens is 3. The molecule has 8 heteroatoms. The van der Waals surface area contributed by atoms with Gasteiger partial charge in [-0.2, -0.15) is 18.3 Å². The van der Waals surface area contributed by atoms with Crippen molar-refractivity contribution in [2.24, 2.45) is 13.0 Å². The number of amides is 1. The fraction of sp³-hybridized carbons (Fsp3) is 0.500. The van der Waals surface area contributed by atoms with Crippen LogP contribution in [0.5, 0.6) is 0 Å². The monoisotopic (exact) mass is 470 g/mol. The van der Waals surface area contributed by atoms with Gasteiger partial charge in [0.1, 0.15) is 0 Å².